The van der Waals surface area contributed by atoms with Crippen LogP contribution in [0.3, 0.4) is 0 Å². The lowest BCUT2D eigenvalue weighted by molar-refractivity contribution is -0.127. The largest absolute Gasteiger partial charge is 0.496 e. The van der Waals surface area contributed by atoms with E-state index in [4.69, 9.17) is 16.3 Å². The number of hydrogen-bond acceptors (Lipinski definition) is 5. The molecular formula is C25H23ClN4O2S. The summed E-state index contributed by atoms with van der Waals surface area (Å²) >= 11 is 7.45. The quantitative estimate of drug-likeness (QED) is 0.319. The number of amides is 1. The van der Waals surface area contributed by atoms with Crippen molar-refractivity contribution in [2.75, 3.05) is 19.9 Å². The van der Waals surface area contributed by atoms with Gasteiger partial charge in [0.1, 0.15) is 5.75 Å². The smallest absolute Gasteiger partial charge is 0.233 e. The molecule has 168 valence electrons. The van der Waals surface area contributed by atoms with Gasteiger partial charge in [0, 0.05) is 24.3 Å². The van der Waals surface area contributed by atoms with Crippen LogP contribution in [0, 0.1) is 0 Å². The Bertz CT molecular complexity index is 1230. The Balaban J connectivity index is 1.61. The van der Waals surface area contributed by atoms with Crippen LogP contribution in [0.5, 0.6) is 5.75 Å². The third-order valence-electron chi connectivity index (χ3n) is 5.08. The molecule has 0 radical (unpaired) electrons. The number of carbonyl (C=O) groups excluding carboxylic acids is 1. The molecule has 0 saturated carbocycles. The van der Waals surface area contributed by atoms with Gasteiger partial charge in [0.25, 0.3) is 0 Å². The van der Waals surface area contributed by atoms with Crippen LogP contribution >= 0.6 is 23.4 Å². The van der Waals surface area contributed by atoms with Gasteiger partial charge in [-0.05, 0) is 42.0 Å². The van der Waals surface area contributed by atoms with E-state index in [0.717, 1.165) is 16.8 Å². The van der Waals surface area contributed by atoms with Crippen LogP contribution in [-0.2, 0) is 11.3 Å². The summed E-state index contributed by atoms with van der Waals surface area (Å²) in [6.07, 6.45) is 0. The van der Waals surface area contributed by atoms with E-state index in [0.29, 0.717) is 28.3 Å². The molecule has 0 atom stereocenters. The van der Waals surface area contributed by atoms with Crippen LogP contribution in [0.25, 0.3) is 17.1 Å². The number of halogens is 1. The maximum absolute atomic E-state index is 12.8. The van der Waals surface area contributed by atoms with Crippen LogP contribution in [0.15, 0.2) is 84.0 Å². The van der Waals surface area contributed by atoms with Crippen LogP contribution < -0.4 is 4.74 Å². The van der Waals surface area contributed by atoms with Crippen molar-refractivity contribution >= 4 is 29.3 Å². The minimum Gasteiger partial charge on any atom is -0.496 e. The number of carbonyl (C=O) groups is 1. The molecule has 1 amide bonds. The fourth-order valence-electron chi connectivity index (χ4n) is 3.37. The van der Waals surface area contributed by atoms with Crippen molar-refractivity contribution in [3.63, 3.8) is 0 Å². The molecule has 0 fully saturated rings. The van der Waals surface area contributed by atoms with Gasteiger partial charge in [0.15, 0.2) is 11.0 Å². The molecule has 6 nitrogen and oxygen atoms in total. The van der Waals surface area contributed by atoms with Gasteiger partial charge in [-0.3, -0.25) is 9.36 Å². The first-order chi connectivity index (χ1) is 16.1. The maximum Gasteiger partial charge on any atom is 0.233 e. The van der Waals surface area contributed by atoms with Gasteiger partial charge < -0.3 is 9.64 Å². The molecule has 4 aromatic rings. The van der Waals surface area contributed by atoms with Crippen molar-refractivity contribution in [3.05, 3.63) is 89.4 Å². The second kappa shape index (κ2) is 10.6. The number of hydrogen-bond donors (Lipinski definition) is 0. The van der Waals surface area contributed by atoms with Gasteiger partial charge in [-0.15, -0.1) is 10.2 Å². The van der Waals surface area contributed by atoms with Gasteiger partial charge in [-0.2, -0.15) is 0 Å². The van der Waals surface area contributed by atoms with Gasteiger partial charge in [-0.1, -0.05) is 65.8 Å². The molecule has 0 aliphatic rings. The molecule has 0 bridgehead atoms. The predicted molar refractivity (Wildman–Crippen MR) is 132 cm³/mol. The lowest BCUT2D eigenvalue weighted by Crippen LogP contribution is -2.27. The fourth-order valence-corrected chi connectivity index (χ4v) is 4.39. The molecule has 0 unspecified atom stereocenters. The number of aromatic nitrogens is 3. The van der Waals surface area contributed by atoms with E-state index in [1.54, 1.807) is 19.1 Å². The van der Waals surface area contributed by atoms with E-state index >= 15 is 0 Å². The zero-order valence-electron chi connectivity index (χ0n) is 18.3. The Morgan fingerprint density at radius 1 is 1.00 bits per heavy atom. The monoisotopic (exact) mass is 478 g/mol. The molecule has 4 rings (SSSR count). The van der Waals surface area contributed by atoms with E-state index in [9.17, 15) is 4.79 Å². The highest BCUT2D eigenvalue weighted by molar-refractivity contribution is 7.99. The summed E-state index contributed by atoms with van der Waals surface area (Å²) in [5, 5.41) is 10.1. The minimum atomic E-state index is 0.00773. The summed E-state index contributed by atoms with van der Waals surface area (Å²) in [4.78, 5) is 14.5. The Hall–Kier alpha value is -3.29. The maximum atomic E-state index is 12.8. The Labute approximate surface area is 202 Å². The minimum absolute atomic E-state index is 0.00773. The van der Waals surface area contributed by atoms with Crippen molar-refractivity contribution in [2.24, 2.45) is 0 Å². The highest BCUT2D eigenvalue weighted by atomic mass is 35.5. The van der Waals surface area contributed by atoms with Crippen molar-refractivity contribution in [2.45, 2.75) is 11.7 Å². The molecule has 3 aromatic carbocycles. The Morgan fingerprint density at radius 3 is 2.42 bits per heavy atom. The summed E-state index contributed by atoms with van der Waals surface area (Å²) in [5.74, 6) is 1.56. The molecule has 0 aliphatic carbocycles. The number of benzene rings is 3. The molecule has 0 N–H and O–H groups in total. The number of ether oxygens (including phenoxy) is 1. The first kappa shape index (κ1) is 22.9. The second-order valence-corrected chi connectivity index (χ2v) is 8.72. The van der Waals surface area contributed by atoms with E-state index in [2.05, 4.69) is 10.2 Å². The molecule has 1 heterocycles. The van der Waals surface area contributed by atoms with Crippen molar-refractivity contribution in [3.8, 4) is 22.8 Å². The molecule has 1 aromatic heterocycles. The van der Waals surface area contributed by atoms with E-state index in [-0.39, 0.29) is 11.7 Å². The SMILES string of the molecule is COc1ccccc1-c1nnc(SCC(=O)N(C)Cc2ccccc2)n1-c1ccc(Cl)cc1. The zero-order chi connectivity index (χ0) is 23.2. The summed E-state index contributed by atoms with van der Waals surface area (Å²) in [7, 11) is 3.43. The summed E-state index contributed by atoms with van der Waals surface area (Å²) in [5.41, 5.74) is 2.74. The average Bonchev–Trinajstić information content (AvgIpc) is 3.27. The predicted octanol–water partition coefficient (Wildman–Crippen LogP) is 5.35. The first-order valence-electron chi connectivity index (χ1n) is 10.3. The van der Waals surface area contributed by atoms with Crippen molar-refractivity contribution in [1.82, 2.24) is 19.7 Å². The Kier molecular flexibility index (Phi) is 7.32. The lowest BCUT2D eigenvalue weighted by atomic mass is 10.2. The number of nitrogens with zero attached hydrogens (tertiary/aromatic N) is 4. The molecule has 0 aliphatic heterocycles. The third-order valence-corrected chi connectivity index (χ3v) is 6.24. The van der Waals surface area contributed by atoms with E-state index < -0.39 is 0 Å². The number of methoxy groups -OCH3 is 1. The van der Waals surface area contributed by atoms with Gasteiger partial charge in [0.05, 0.1) is 18.4 Å². The van der Waals surface area contributed by atoms with Gasteiger partial charge >= 0.3 is 0 Å². The topological polar surface area (TPSA) is 60.3 Å². The molecule has 8 heteroatoms. The number of thioether (sulfide) groups is 1. The molecule has 33 heavy (non-hydrogen) atoms. The van der Waals surface area contributed by atoms with E-state index in [1.165, 1.54) is 11.8 Å². The highest BCUT2D eigenvalue weighted by Gasteiger charge is 2.20. The number of rotatable bonds is 8. The van der Waals surface area contributed by atoms with Gasteiger partial charge in [0.2, 0.25) is 5.91 Å². The third kappa shape index (κ3) is 5.38. The van der Waals surface area contributed by atoms with Crippen LogP contribution in [0.4, 0.5) is 0 Å². The summed E-state index contributed by atoms with van der Waals surface area (Å²) in [6, 6.07) is 25.0. The second-order valence-electron chi connectivity index (χ2n) is 7.34. The molecular weight excluding hydrogens is 456 g/mol. The normalized spacial score (nSPS) is 10.8. The highest BCUT2D eigenvalue weighted by Crippen LogP contribution is 2.33. The lowest BCUT2D eigenvalue weighted by Gasteiger charge is -2.17. The number of para-hydroxylation sites is 1. The molecule has 0 saturated heterocycles. The van der Waals surface area contributed by atoms with Gasteiger partial charge in [-0.25, -0.2) is 0 Å². The standard InChI is InChI=1S/C25H23ClN4O2S/c1-29(16-18-8-4-3-5-9-18)23(31)17-33-25-28-27-24(21-10-6-7-11-22(21)32-2)30(25)20-14-12-19(26)13-15-20/h3-15H,16-17H2,1-2H3. The Morgan fingerprint density at radius 2 is 1.70 bits per heavy atom. The van der Waals surface area contributed by atoms with Crippen LogP contribution in [0.2, 0.25) is 5.02 Å². The molecule has 0 spiro atoms. The van der Waals surface area contributed by atoms with Crippen molar-refractivity contribution in [1.29, 1.82) is 0 Å². The fraction of sp³-hybridized carbons (Fsp3) is 0.160. The van der Waals surface area contributed by atoms with Crippen LogP contribution in [-0.4, -0.2) is 45.5 Å². The van der Waals surface area contributed by atoms with Crippen LogP contribution in [0.1, 0.15) is 5.56 Å². The van der Waals surface area contributed by atoms with E-state index in [1.807, 2.05) is 83.4 Å². The first-order valence-corrected chi connectivity index (χ1v) is 11.7. The van der Waals surface area contributed by atoms with Crippen molar-refractivity contribution < 1.29 is 9.53 Å². The average molecular weight is 479 g/mol. The summed E-state index contributed by atoms with van der Waals surface area (Å²) < 4.78 is 7.46. The summed E-state index contributed by atoms with van der Waals surface area (Å²) in [6.45, 7) is 0.552. The zero-order valence-corrected chi connectivity index (χ0v) is 19.9.